The van der Waals surface area contributed by atoms with Crippen LogP contribution in [0.4, 0.5) is 5.95 Å². The van der Waals surface area contributed by atoms with Crippen molar-refractivity contribution in [3.8, 4) is 0 Å². The number of fused-ring (bicyclic) bond motifs is 1. The van der Waals surface area contributed by atoms with Crippen LogP contribution in [-0.2, 0) is 4.79 Å². The highest BCUT2D eigenvalue weighted by atomic mass is 127. The number of aliphatic imine (C=N–C) groups is 1. The van der Waals surface area contributed by atoms with Gasteiger partial charge in [-0.25, -0.2) is 9.97 Å². The van der Waals surface area contributed by atoms with E-state index in [1.807, 2.05) is 18.0 Å². The summed E-state index contributed by atoms with van der Waals surface area (Å²) in [5.41, 5.74) is 0. The van der Waals surface area contributed by atoms with Gasteiger partial charge in [0.2, 0.25) is 11.9 Å². The lowest BCUT2D eigenvalue weighted by atomic mass is 9.82. The van der Waals surface area contributed by atoms with Crippen LogP contribution in [0.25, 0.3) is 0 Å². The summed E-state index contributed by atoms with van der Waals surface area (Å²) in [6.07, 6.45) is 9.48. The normalized spacial score (nSPS) is 24.3. The molecule has 0 spiro atoms. The maximum Gasteiger partial charge on any atom is 0.225 e. The number of nitrogens with zero attached hydrogens (tertiary/aromatic N) is 6. The number of nitrogens with one attached hydrogen (secondary N) is 1. The summed E-state index contributed by atoms with van der Waals surface area (Å²) in [4.78, 5) is 32.2. The van der Waals surface area contributed by atoms with E-state index in [4.69, 9.17) is 0 Å². The molecule has 2 aliphatic heterocycles. The molecule has 3 heterocycles. The summed E-state index contributed by atoms with van der Waals surface area (Å²) in [5.74, 6) is 3.56. The van der Waals surface area contributed by atoms with E-state index in [2.05, 4.69) is 30.1 Å². The molecule has 166 valence electrons. The van der Waals surface area contributed by atoms with Crippen molar-refractivity contribution < 1.29 is 4.79 Å². The molecule has 1 aliphatic carbocycles. The highest BCUT2D eigenvalue weighted by Gasteiger charge is 2.35. The first-order valence-electron chi connectivity index (χ1n) is 11.0. The molecule has 1 aromatic rings. The van der Waals surface area contributed by atoms with E-state index in [0.717, 1.165) is 63.0 Å². The van der Waals surface area contributed by atoms with Gasteiger partial charge in [0, 0.05) is 71.7 Å². The first-order valence-corrected chi connectivity index (χ1v) is 11.0. The third-order valence-corrected chi connectivity index (χ3v) is 6.58. The number of carbonyl (C=O) groups excluding carboxylic acids is 1. The second-order valence-corrected chi connectivity index (χ2v) is 8.35. The number of piperazine rings is 1. The van der Waals surface area contributed by atoms with Crippen LogP contribution in [0.5, 0.6) is 0 Å². The molecule has 1 N–H and O–H groups in total. The molecular formula is C21H34IN7O. The topological polar surface area (TPSA) is 77.0 Å². The van der Waals surface area contributed by atoms with Gasteiger partial charge in [0.25, 0.3) is 0 Å². The summed E-state index contributed by atoms with van der Waals surface area (Å²) in [5, 5.41) is 3.42. The minimum Gasteiger partial charge on any atom is -0.356 e. The van der Waals surface area contributed by atoms with E-state index in [1.165, 1.54) is 25.7 Å². The van der Waals surface area contributed by atoms with Crippen molar-refractivity contribution in [3.05, 3.63) is 18.5 Å². The van der Waals surface area contributed by atoms with E-state index in [-0.39, 0.29) is 29.9 Å². The molecule has 3 fully saturated rings. The van der Waals surface area contributed by atoms with E-state index in [1.54, 1.807) is 12.4 Å². The van der Waals surface area contributed by atoms with Crippen molar-refractivity contribution in [2.24, 2.45) is 16.8 Å². The van der Waals surface area contributed by atoms with Crippen molar-refractivity contribution in [2.45, 2.75) is 32.1 Å². The van der Waals surface area contributed by atoms with Crippen LogP contribution in [0.1, 0.15) is 32.1 Å². The van der Waals surface area contributed by atoms with Crippen LogP contribution >= 0.6 is 24.0 Å². The van der Waals surface area contributed by atoms with Crippen LogP contribution in [-0.4, -0.2) is 84.5 Å². The number of carbonyl (C=O) groups is 1. The minimum absolute atomic E-state index is 0. The third-order valence-electron chi connectivity index (χ3n) is 6.58. The Hall–Kier alpha value is -1.65. The Kier molecular flexibility index (Phi) is 8.52. The maximum absolute atomic E-state index is 12.6. The summed E-state index contributed by atoms with van der Waals surface area (Å²) in [7, 11) is 1.84. The van der Waals surface area contributed by atoms with Crippen LogP contribution in [0.2, 0.25) is 0 Å². The molecule has 9 heteroatoms. The summed E-state index contributed by atoms with van der Waals surface area (Å²) >= 11 is 0. The predicted octanol–water partition coefficient (Wildman–Crippen LogP) is 1.83. The third kappa shape index (κ3) is 5.53. The molecule has 30 heavy (non-hydrogen) atoms. The molecule has 1 saturated carbocycles. The van der Waals surface area contributed by atoms with Gasteiger partial charge in [0.15, 0.2) is 5.96 Å². The van der Waals surface area contributed by atoms with E-state index < -0.39 is 0 Å². The summed E-state index contributed by atoms with van der Waals surface area (Å²) in [6, 6.07) is 1.82. The molecule has 2 atom stereocenters. The number of halogens is 1. The maximum atomic E-state index is 12.6. The number of likely N-dealkylation sites (tertiary alicyclic amines) is 1. The van der Waals surface area contributed by atoms with E-state index >= 15 is 0 Å². The van der Waals surface area contributed by atoms with Crippen LogP contribution in [0.3, 0.4) is 0 Å². The lowest BCUT2D eigenvalue weighted by molar-refractivity contribution is -0.131. The van der Waals surface area contributed by atoms with Gasteiger partial charge in [0.1, 0.15) is 0 Å². The van der Waals surface area contributed by atoms with Crippen molar-refractivity contribution in [3.63, 3.8) is 0 Å². The Morgan fingerprint density at radius 3 is 2.30 bits per heavy atom. The van der Waals surface area contributed by atoms with Gasteiger partial charge in [0.05, 0.1) is 0 Å². The molecule has 8 nitrogen and oxygen atoms in total. The molecule has 3 aliphatic rings. The Bertz CT molecular complexity index is 695. The number of amides is 1. The number of rotatable bonds is 4. The Morgan fingerprint density at radius 1 is 1.07 bits per heavy atom. The predicted molar refractivity (Wildman–Crippen MR) is 129 cm³/mol. The number of aromatic nitrogens is 2. The molecule has 0 bridgehead atoms. The number of guanidine groups is 1. The van der Waals surface area contributed by atoms with Crippen molar-refractivity contribution in [2.75, 3.05) is 57.8 Å². The van der Waals surface area contributed by atoms with Gasteiger partial charge in [-0.2, -0.15) is 0 Å². The molecule has 1 amide bonds. The zero-order valence-electron chi connectivity index (χ0n) is 17.9. The zero-order chi connectivity index (χ0) is 20.1. The summed E-state index contributed by atoms with van der Waals surface area (Å²) < 4.78 is 0. The fourth-order valence-electron chi connectivity index (χ4n) is 4.96. The van der Waals surface area contributed by atoms with Crippen molar-refractivity contribution in [1.29, 1.82) is 0 Å². The lowest BCUT2D eigenvalue weighted by Gasteiger charge is -2.34. The average Bonchev–Trinajstić information content (AvgIpc) is 3.21. The molecular weight excluding hydrogens is 493 g/mol. The van der Waals surface area contributed by atoms with Crippen LogP contribution < -0.4 is 10.2 Å². The standard InChI is InChI=1S/C21H33N7O.HI/c1-22-20(28-15-17-5-2-3-6-18(17)16-28)25-10-7-19(29)26-11-13-27(14-12-26)21-23-8-4-9-24-21;/h4,8-9,17-18H,2-3,5-7,10-16H2,1H3,(H,22,25);1H. The zero-order valence-corrected chi connectivity index (χ0v) is 20.2. The smallest absolute Gasteiger partial charge is 0.225 e. The largest absolute Gasteiger partial charge is 0.356 e. The van der Waals surface area contributed by atoms with Crippen molar-refractivity contribution in [1.82, 2.24) is 25.1 Å². The SMILES string of the molecule is CN=C(NCCC(=O)N1CCN(c2ncccn2)CC1)N1CC2CCCCC2C1.I. The molecule has 0 aromatic carbocycles. The van der Waals surface area contributed by atoms with Crippen LogP contribution in [0.15, 0.2) is 23.5 Å². The van der Waals surface area contributed by atoms with Crippen molar-refractivity contribution >= 4 is 41.8 Å². The average molecular weight is 527 g/mol. The van der Waals surface area contributed by atoms with Gasteiger partial charge in [-0.1, -0.05) is 12.8 Å². The second kappa shape index (κ2) is 11.1. The highest BCUT2D eigenvalue weighted by Crippen LogP contribution is 2.35. The quantitative estimate of drug-likeness (QED) is 0.366. The minimum atomic E-state index is 0. The Labute approximate surface area is 196 Å². The molecule has 2 unspecified atom stereocenters. The fourth-order valence-corrected chi connectivity index (χ4v) is 4.96. The van der Waals surface area contributed by atoms with Gasteiger partial charge < -0.3 is 20.0 Å². The molecule has 2 saturated heterocycles. The van der Waals surface area contributed by atoms with Gasteiger partial charge in [-0.3, -0.25) is 9.79 Å². The lowest BCUT2D eigenvalue weighted by Crippen LogP contribution is -2.50. The second-order valence-electron chi connectivity index (χ2n) is 8.35. The number of hydrogen-bond donors (Lipinski definition) is 1. The van der Waals surface area contributed by atoms with Gasteiger partial charge >= 0.3 is 0 Å². The van der Waals surface area contributed by atoms with E-state index in [9.17, 15) is 4.79 Å². The first kappa shape index (κ1) is 23.0. The Balaban J connectivity index is 0.00000256. The number of hydrogen-bond acceptors (Lipinski definition) is 5. The monoisotopic (exact) mass is 527 g/mol. The van der Waals surface area contributed by atoms with E-state index in [0.29, 0.717) is 13.0 Å². The molecule has 0 radical (unpaired) electrons. The van der Waals surface area contributed by atoms with Gasteiger partial charge in [-0.15, -0.1) is 24.0 Å². The first-order chi connectivity index (χ1) is 14.2. The summed E-state index contributed by atoms with van der Waals surface area (Å²) in [6.45, 7) is 5.87. The highest BCUT2D eigenvalue weighted by molar-refractivity contribution is 14.0. The molecule has 4 rings (SSSR count). The number of anilines is 1. The van der Waals surface area contributed by atoms with Gasteiger partial charge in [-0.05, 0) is 30.7 Å². The fraction of sp³-hybridized carbons (Fsp3) is 0.714. The molecule has 1 aromatic heterocycles. The Morgan fingerprint density at radius 2 is 1.70 bits per heavy atom. The van der Waals surface area contributed by atoms with Crippen LogP contribution in [0, 0.1) is 11.8 Å².